The Hall–Kier alpha value is -0.570. The Morgan fingerprint density at radius 3 is 2.50 bits per heavy atom. The van der Waals surface area contributed by atoms with Gasteiger partial charge in [0.05, 0.1) is 13.5 Å². The van der Waals surface area contributed by atoms with Crippen molar-refractivity contribution in [3.05, 3.63) is 0 Å². The molecular formula is C11H21NO2. The number of hydrogen-bond donors (Lipinski definition) is 1. The zero-order valence-corrected chi connectivity index (χ0v) is 9.16. The molecule has 1 rings (SSSR count). The Balaban J connectivity index is 2.30. The summed E-state index contributed by atoms with van der Waals surface area (Å²) in [6, 6.07) is -0.00468. The van der Waals surface area contributed by atoms with E-state index < -0.39 is 0 Å². The molecular weight excluding hydrogens is 178 g/mol. The van der Waals surface area contributed by atoms with Crippen LogP contribution in [0, 0.1) is 11.8 Å². The van der Waals surface area contributed by atoms with Crippen LogP contribution in [0.4, 0.5) is 0 Å². The van der Waals surface area contributed by atoms with Crippen LogP contribution in [0.1, 0.15) is 39.0 Å². The minimum Gasteiger partial charge on any atom is -0.469 e. The van der Waals surface area contributed by atoms with E-state index in [4.69, 9.17) is 5.73 Å². The molecule has 1 fully saturated rings. The number of nitrogens with two attached hydrogens (primary N) is 1. The van der Waals surface area contributed by atoms with Gasteiger partial charge in [-0.15, -0.1) is 0 Å². The number of methoxy groups -OCH3 is 1. The lowest BCUT2D eigenvalue weighted by Crippen LogP contribution is -2.35. The normalized spacial score (nSPS) is 29.6. The van der Waals surface area contributed by atoms with E-state index in [0.717, 1.165) is 5.92 Å². The molecule has 1 saturated carbocycles. The van der Waals surface area contributed by atoms with Crippen LogP contribution >= 0.6 is 0 Å². The van der Waals surface area contributed by atoms with E-state index in [0.29, 0.717) is 12.3 Å². The SMILES string of the molecule is COC(=O)C[C@@H](N)C1CCC(C)CC1. The highest BCUT2D eigenvalue weighted by atomic mass is 16.5. The van der Waals surface area contributed by atoms with Gasteiger partial charge >= 0.3 is 5.97 Å². The lowest BCUT2D eigenvalue weighted by molar-refractivity contribution is -0.141. The molecule has 0 unspecified atom stereocenters. The lowest BCUT2D eigenvalue weighted by Gasteiger charge is -2.30. The molecule has 0 aromatic heterocycles. The minimum atomic E-state index is -0.184. The van der Waals surface area contributed by atoms with Crippen molar-refractivity contribution < 1.29 is 9.53 Å². The molecule has 1 aliphatic carbocycles. The van der Waals surface area contributed by atoms with E-state index >= 15 is 0 Å². The van der Waals surface area contributed by atoms with Crippen LogP contribution in [-0.2, 0) is 9.53 Å². The second-order valence-corrected chi connectivity index (χ2v) is 4.46. The fourth-order valence-corrected chi connectivity index (χ4v) is 2.16. The third-order valence-corrected chi connectivity index (χ3v) is 3.30. The summed E-state index contributed by atoms with van der Waals surface area (Å²) in [5.41, 5.74) is 5.97. The van der Waals surface area contributed by atoms with Crippen LogP contribution in [0.3, 0.4) is 0 Å². The van der Waals surface area contributed by atoms with Crippen molar-refractivity contribution in [3.8, 4) is 0 Å². The first-order chi connectivity index (χ1) is 6.63. The van der Waals surface area contributed by atoms with E-state index in [9.17, 15) is 4.79 Å². The van der Waals surface area contributed by atoms with Crippen LogP contribution < -0.4 is 5.73 Å². The summed E-state index contributed by atoms with van der Waals surface area (Å²) in [6.07, 6.45) is 5.20. The van der Waals surface area contributed by atoms with Gasteiger partial charge in [-0.3, -0.25) is 4.79 Å². The molecule has 2 N–H and O–H groups in total. The fourth-order valence-electron chi connectivity index (χ4n) is 2.16. The van der Waals surface area contributed by atoms with Gasteiger partial charge in [-0.2, -0.15) is 0 Å². The molecule has 0 spiro atoms. The van der Waals surface area contributed by atoms with Gasteiger partial charge in [0.2, 0.25) is 0 Å². The summed E-state index contributed by atoms with van der Waals surface area (Å²) in [7, 11) is 1.41. The third-order valence-electron chi connectivity index (χ3n) is 3.30. The van der Waals surface area contributed by atoms with Crippen molar-refractivity contribution in [1.29, 1.82) is 0 Å². The summed E-state index contributed by atoms with van der Waals surface area (Å²) >= 11 is 0. The quantitative estimate of drug-likeness (QED) is 0.704. The molecule has 0 saturated heterocycles. The standard InChI is InChI=1S/C11H21NO2/c1-8-3-5-9(6-4-8)10(12)7-11(13)14-2/h8-10H,3-7,12H2,1-2H3/t8?,9?,10-/m1/s1. The predicted molar refractivity (Wildman–Crippen MR) is 55.7 cm³/mol. The molecule has 0 aromatic rings. The van der Waals surface area contributed by atoms with Crippen molar-refractivity contribution in [2.24, 2.45) is 17.6 Å². The second kappa shape index (κ2) is 5.35. The van der Waals surface area contributed by atoms with Crippen molar-refractivity contribution >= 4 is 5.97 Å². The highest BCUT2D eigenvalue weighted by molar-refractivity contribution is 5.69. The molecule has 3 heteroatoms. The zero-order valence-electron chi connectivity index (χ0n) is 9.16. The van der Waals surface area contributed by atoms with Gasteiger partial charge in [0.1, 0.15) is 0 Å². The van der Waals surface area contributed by atoms with Gasteiger partial charge in [0, 0.05) is 6.04 Å². The average Bonchev–Trinajstić information content (AvgIpc) is 2.18. The molecule has 0 aromatic carbocycles. The molecule has 0 aliphatic heterocycles. The van der Waals surface area contributed by atoms with Gasteiger partial charge in [0.15, 0.2) is 0 Å². The molecule has 0 heterocycles. The van der Waals surface area contributed by atoms with E-state index in [1.54, 1.807) is 0 Å². The number of carbonyl (C=O) groups excluding carboxylic acids is 1. The topological polar surface area (TPSA) is 52.3 Å². The minimum absolute atomic E-state index is 0.00468. The van der Waals surface area contributed by atoms with Crippen LogP contribution in [0.2, 0.25) is 0 Å². The number of esters is 1. The smallest absolute Gasteiger partial charge is 0.307 e. The molecule has 0 radical (unpaired) electrons. The van der Waals surface area contributed by atoms with Crippen molar-refractivity contribution in [2.75, 3.05) is 7.11 Å². The Bertz CT molecular complexity index is 186. The Morgan fingerprint density at radius 1 is 1.43 bits per heavy atom. The largest absolute Gasteiger partial charge is 0.469 e. The fraction of sp³-hybridized carbons (Fsp3) is 0.909. The van der Waals surface area contributed by atoms with E-state index in [-0.39, 0.29) is 12.0 Å². The van der Waals surface area contributed by atoms with Crippen molar-refractivity contribution in [1.82, 2.24) is 0 Å². The lowest BCUT2D eigenvalue weighted by atomic mass is 9.79. The predicted octanol–water partition coefficient (Wildman–Crippen LogP) is 1.70. The van der Waals surface area contributed by atoms with Gasteiger partial charge in [0.25, 0.3) is 0 Å². The highest BCUT2D eigenvalue weighted by Crippen LogP contribution is 2.30. The van der Waals surface area contributed by atoms with Crippen LogP contribution in [0.15, 0.2) is 0 Å². The molecule has 1 atom stereocenters. The molecule has 0 amide bonds. The maximum atomic E-state index is 11.0. The van der Waals surface area contributed by atoms with Crippen LogP contribution in [-0.4, -0.2) is 19.1 Å². The highest BCUT2D eigenvalue weighted by Gasteiger charge is 2.25. The Labute approximate surface area is 86.0 Å². The zero-order chi connectivity index (χ0) is 10.6. The summed E-state index contributed by atoms with van der Waals surface area (Å²) in [5, 5.41) is 0. The number of rotatable bonds is 3. The molecule has 82 valence electrons. The second-order valence-electron chi connectivity index (χ2n) is 4.46. The summed E-state index contributed by atoms with van der Waals surface area (Å²) in [6.45, 7) is 2.28. The maximum Gasteiger partial charge on any atom is 0.307 e. The van der Waals surface area contributed by atoms with E-state index in [1.807, 2.05) is 0 Å². The Morgan fingerprint density at radius 2 is 2.00 bits per heavy atom. The van der Waals surface area contributed by atoms with E-state index in [2.05, 4.69) is 11.7 Å². The van der Waals surface area contributed by atoms with Crippen LogP contribution in [0.25, 0.3) is 0 Å². The molecule has 1 aliphatic rings. The summed E-state index contributed by atoms with van der Waals surface area (Å²) in [4.78, 5) is 11.0. The van der Waals surface area contributed by atoms with Crippen molar-refractivity contribution in [3.63, 3.8) is 0 Å². The molecule has 3 nitrogen and oxygen atoms in total. The average molecular weight is 199 g/mol. The van der Waals surface area contributed by atoms with Gasteiger partial charge in [-0.05, 0) is 24.7 Å². The van der Waals surface area contributed by atoms with Gasteiger partial charge < -0.3 is 10.5 Å². The number of hydrogen-bond acceptors (Lipinski definition) is 3. The molecule has 14 heavy (non-hydrogen) atoms. The summed E-state index contributed by atoms with van der Waals surface area (Å²) < 4.78 is 4.61. The van der Waals surface area contributed by atoms with Gasteiger partial charge in [-0.1, -0.05) is 19.8 Å². The van der Waals surface area contributed by atoms with Crippen LogP contribution in [0.5, 0.6) is 0 Å². The summed E-state index contributed by atoms with van der Waals surface area (Å²) in [5.74, 6) is 1.16. The van der Waals surface area contributed by atoms with E-state index in [1.165, 1.54) is 32.8 Å². The third kappa shape index (κ3) is 3.29. The number of carbonyl (C=O) groups is 1. The van der Waals surface area contributed by atoms with Gasteiger partial charge in [-0.25, -0.2) is 0 Å². The monoisotopic (exact) mass is 199 g/mol. The first-order valence-corrected chi connectivity index (χ1v) is 5.46. The van der Waals surface area contributed by atoms with Crippen molar-refractivity contribution in [2.45, 2.75) is 45.1 Å². The first kappa shape index (κ1) is 11.5. The maximum absolute atomic E-state index is 11.0. The molecule has 0 bridgehead atoms. The Kier molecular flexibility index (Phi) is 4.39. The number of ether oxygens (including phenoxy) is 1. The first-order valence-electron chi connectivity index (χ1n) is 5.46.